The molecular formula is C19H18FN5O2. The van der Waals surface area contributed by atoms with E-state index in [0.29, 0.717) is 17.0 Å². The molecule has 0 aromatic carbocycles. The average Bonchev–Trinajstić information content (AvgIpc) is 3.08. The van der Waals surface area contributed by atoms with Gasteiger partial charge in [-0.1, -0.05) is 0 Å². The van der Waals surface area contributed by atoms with Gasteiger partial charge in [-0.05, 0) is 38.1 Å². The Morgan fingerprint density at radius 2 is 2.15 bits per heavy atom. The largest absolute Gasteiger partial charge is 0.387 e. The van der Waals surface area contributed by atoms with Crippen molar-refractivity contribution in [1.82, 2.24) is 19.9 Å². The second-order valence-electron chi connectivity index (χ2n) is 6.67. The van der Waals surface area contributed by atoms with E-state index >= 15 is 0 Å². The second kappa shape index (κ2) is 7.13. The summed E-state index contributed by atoms with van der Waals surface area (Å²) in [7, 11) is 0. The monoisotopic (exact) mass is 367 g/mol. The number of rotatable bonds is 5. The zero-order valence-corrected chi connectivity index (χ0v) is 14.8. The van der Waals surface area contributed by atoms with E-state index in [9.17, 15) is 14.3 Å². The van der Waals surface area contributed by atoms with E-state index in [-0.39, 0.29) is 12.1 Å². The van der Waals surface area contributed by atoms with Crippen molar-refractivity contribution in [3.63, 3.8) is 0 Å². The van der Waals surface area contributed by atoms with Crippen LogP contribution in [0.4, 0.5) is 4.39 Å². The normalized spacial score (nSPS) is 12.6. The standard InChI is InChI=1S/C19H18FN5O2/c1-19(2,27)15(20)11-24-18(26)14-3-4-16(22-10-14)25-6-5-13-7-12(8-21)9-23-17(13)25/h3-7,9-10,15,27H,11H2,1-2H3,(H,24,26)/t15-/m1/s1. The molecule has 27 heavy (non-hydrogen) atoms. The van der Waals surface area contributed by atoms with E-state index < -0.39 is 17.7 Å². The van der Waals surface area contributed by atoms with Crippen LogP contribution in [0.1, 0.15) is 29.8 Å². The quantitative estimate of drug-likeness (QED) is 0.719. The van der Waals surface area contributed by atoms with Gasteiger partial charge < -0.3 is 10.4 Å². The van der Waals surface area contributed by atoms with Crippen LogP contribution in [0.2, 0.25) is 0 Å². The molecule has 0 unspecified atom stereocenters. The number of aromatic nitrogens is 3. The van der Waals surface area contributed by atoms with Gasteiger partial charge in [0.25, 0.3) is 5.91 Å². The molecule has 0 saturated heterocycles. The summed E-state index contributed by atoms with van der Waals surface area (Å²) in [6.45, 7) is 2.39. The highest BCUT2D eigenvalue weighted by atomic mass is 19.1. The predicted octanol–water partition coefficient (Wildman–Crippen LogP) is 2.13. The van der Waals surface area contributed by atoms with Crippen molar-refractivity contribution >= 4 is 16.9 Å². The number of halogens is 1. The molecule has 3 aromatic rings. The first-order chi connectivity index (χ1) is 12.8. The number of carbonyl (C=O) groups is 1. The van der Waals surface area contributed by atoms with Crippen molar-refractivity contribution in [1.29, 1.82) is 5.26 Å². The molecule has 0 radical (unpaired) electrons. The molecule has 8 heteroatoms. The fraction of sp³-hybridized carbons (Fsp3) is 0.263. The second-order valence-corrected chi connectivity index (χ2v) is 6.67. The van der Waals surface area contributed by atoms with E-state index in [1.807, 2.05) is 12.1 Å². The Labute approximate surface area is 155 Å². The molecule has 0 aliphatic rings. The first kappa shape index (κ1) is 18.5. The number of aliphatic hydroxyl groups is 1. The molecule has 138 valence electrons. The van der Waals surface area contributed by atoms with E-state index in [2.05, 4.69) is 15.3 Å². The molecule has 0 fully saturated rings. The third-order valence-corrected chi connectivity index (χ3v) is 4.12. The molecule has 7 nitrogen and oxygen atoms in total. The summed E-state index contributed by atoms with van der Waals surface area (Å²) in [4.78, 5) is 20.6. The van der Waals surface area contributed by atoms with Crippen molar-refractivity contribution in [2.45, 2.75) is 25.6 Å². The number of hydrogen-bond acceptors (Lipinski definition) is 5. The Morgan fingerprint density at radius 1 is 1.37 bits per heavy atom. The summed E-state index contributed by atoms with van der Waals surface area (Å²) in [5.41, 5.74) is -0.136. The summed E-state index contributed by atoms with van der Waals surface area (Å²) in [6.07, 6.45) is 3.07. The molecule has 0 spiro atoms. The van der Waals surface area contributed by atoms with E-state index in [4.69, 9.17) is 5.26 Å². The lowest BCUT2D eigenvalue weighted by molar-refractivity contribution is -0.00178. The van der Waals surface area contributed by atoms with Crippen LogP contribution in [0.15, 0.2) is 42.9 Å². The summed E-state index contributed by atoms with van der Waals surface area (Å²) in [6, 6.07) is 8.82. The van der Waals surface area contributed by atoms with Gasteiger partial charge in [0.1, 0.15) is 23.7 Å². The van der Waals surface area contributed by atoms with E-state index in [1.165, 1.54) is 26.2 Å². The molecule has 0 bridgehead atoms. The van der Waals surface area contributed by atoms with Crippen LogP contribution in [-0.2, 0) is 0 Å². The molecule has 1 atom stereocenters. The van der Waals surface area contributed by atoms with Crippen LogP contribution >= 0.6 is 0 Å². The lowest BCUT2D eigenvalue weighted by atomic mass is 10.0. The zero-order valence-electron chi connectivity index (χ0n) is 14.8. The number of nitriles is 1. The maximum atomic E-state index is 13.7. The Morgan fingerprint density at radius 3 is 2.78 bits per heavy atom. The average molecular weight is 367 g/mol. The minimum atomic E-state index is -1.58. The van der Waals surface area contributed by atoms with Crippen LogP contribution in [0.5, 0.6) is 0 Å². The number of hydrogen-bond donors (Lipinski definition) is 2. The highest BCUT2D eigenvalue weighted by molar-refractivity contribution is 5.94. The van der Waals surface area contributed by atoms with E-state index in [0.717, 1.165) is 5.39 Å². The molecule has 2 N–H and O–H groups in total. The Hall–Kier alpha value is -3.31. The first-order valence-electron chi connectivity index (χ1n) is 8.28. The van der Waals surface area contributed by atoms with E-state index in [1.54, 1.807) is 29.0 Å². The number of pyridine rings is 2. The summed E-state index contributed by atoms with van der Waals surface area (Å²) in [5.74, 6) is 0.0775. The van der Waals surface area contributed by atoms with Gasteiger partial charge in [0.05, 0.1) is 23.3 Å². The highest BCUT2D eigenvalue weighted by Crippen LogP contribution is 2.18. The molecule has 3 rings (SSSR count). The van der Waals surface area contributed by atoms with Gasteiger partial charge in [0, 0.05) is 24.0 Å². The van der Waals surface area contributed by atoms with Crippen molar-refractivity contribution in [2.24, 2.45) is 0 Å². The SMILES string of the molecule is CC(C)(O)[C@H](F)CNC(=O)c1ccc(-n2ccc3cc(C#N)cnc32)nc1. The lowest BCUT2D eigenvalue weighted by Gasteiger charge is -2.22. The van der Waals surface area contributed by atoms with Crippen LogP contribution in [-0.4, -0.2) is 43.9 Å². The van der Waals surface area contributed by atoms with Crippen LogP contribution in [0.25, 0.3) is 16.9 Å². The maximum Gasteiger partial charge on any atom is 0.252 e. The summed E-state index contributed by atoms with van der Waals surface area (Å²) in [5, 5.41) is 21.7. The molecule has 0 saturated carbocycles. The predicted molar refractivity (Wildman–Crippen MR) is 97.1 cm³/mol. The first-order valence-corrected chi connectivity index (χ1v) is 8.28. The number of carbonyl (C=O) groups excluding carboxylic acids is 1. The molecule has 0 aliphatic carbocycles. The Bertz CT molecular complexity index is 1020. The lowest BCUT2D eigenvalue weighted by Crippen LogP contribution is -2.42. The van der Waals surface area contributed by atoms with Gasteiger partial charge in [-0.2, -0.15) is 5.26 Å². The fourth-order valence-electron chi connectivity index (χ4n) is 2.47. The van der Waals surface area contributed by atoms with Gasteiger partial charge in [-0.15, -0.1) is 0 Å². The number of alkyl halides is 1. The third kappa shape index (κ3) is 3.93. The van der Waals surface area contributed by atoms with Crippen LogP contribution in [0, 0.1) is 11.3 Å². The van der Waals surface area contributed by atoms with Crippen molar-refractivity contribution < 1.29 is 14.3 Å². The van der Waals surface area contributed by atoms with Gasteiger partial charge in [-0.25, -0.2) is 14.4 Å². The third-order valence-electron chi connectivity index (χ3n) is 4.12. The number of nitrogens with zero attached hydrogens (tertiary/aromatic N) is 4. The summed E-state index contributed by atoms with van der Waals surface area (Å²) >= 11 is 0. The van der Waals surface area contributed by atoms with Crippen molar-refractivity contribution in [3.8, 4) is 11.9 Å². The number of amides is 1. The number of nitrogens with one attached hydrogen (secondary N) is 1. The Kier molecular flexibility index (Phi) is 4.88. The minimum Gasteiger partial charge on any atom is -0.387 e. The topological polar surface area (TPSA) is 104 Å². The number of fused-ring (bicyclic) bond motifs is 1. The fourth-order valence-corrected chi connectivity index (χ4v) is 2.47. The van der Waals surface area contributed by atoms with Gasteiger partial charge in [-0.3, -0.25) is 9.36 Å². The van der Waals surface area contributed by atoms with Crippen molar-refractivity contribution in [3.05, 3.63) is 54.0 Å². The van der Waals surface area contributed by atoms with Gasteiger partial charge in [0.15, 0.2) is 0 Å². The molecule has 3 aromatic heterocycles. The molecule has 0 aliphatic heterocycles. The zero-order chi connectivity index (χ0) is 19.6. The smallest absolute Gasteiger partial charge is 0.252 e. The molecule has 3 heterocycles. The van der Waals surface area contributed by atoms with Gasteiger partial charge >= 0.3 is 0 Å². The molecular weight excluding hydrogens is 349 g/mol. The summed E-state index contributed by atoms with van der Waals surface area (Å²) < 4.78 is 15.5. The van der Waals surface area contributed by atoms with Crippen LogP contribution in [0.3, 0.4) is 0 Å². The van der Waals surface area contributed by atoms with Gasteiger partial charge in [0.2, 0.25) is 0 Å². The molecule has 1 amide bonds. The Balaban J connectivity index is 1.76. The van der Waals surface area contributed by atoms with Crippen LogP contribution < -0.4 is 5.32 Å². The van der Waals surface area contributed by atoms with Crippen molar-refractivity contribution in [2.75, 3.05) is 6.54 Å². The highest BCUT2D eigenvalue weighted by Gasteiger charge is 2.26. The maximum absolute atomic E-state index is 13.7. The minimum absolute atomic E-state index is 0.276.